The van der Waals surface area contributed by atoms with Crippen LogP contribution in [0.3, 0.4) is 0 Å². The molecule has 6 rings (SSSR count). The third-order valence-corrected chi connectivity index (χ3v) is 9.61. The number of fused-ring (bicyclic) bond motifs is 3. The monoisotopic (exact) mass is 510 g/mol. The molecule has 8 heteroatoms. The van der Waals surface area contributed by atoms with Gasteiger partial charge in [0, 0.05) is 35.6 Å². The Morgan fingerprint density at radius 3 is 2.49 bits per heavy atom. The molecule has 1 saturated heterocycles. The maximum Gasteiger partial charge on any atom is 0.243 e. The first-order valence-electron chi connectivity index (χ1n) is 11.9. The molecule has 3 aromatic carbocycles. The van der Waals surface area contributed by atoms with E-state index in [4.69, 9.17) is 21.1 Å². The first kappa shape index (κ1) is 22.9. The van der Waals surface area contributed by atoms with Gasteiger partial charge in [0.25, 0.3) is 0 Å². The van der Waals surface area contributed by atoms with E-state index in [1.807, 2.05) is 18.2 Å². The number of halogens is 1. The van der Waals surface area contributed by atoms with Crippen LogP contribution in [-0.4, -0.2) is 44.1 Å². The number of para-hydroxylation sites is 1. The van der Waals surface area contributed by atoms with Crippen LogP contribution in [0.5, 0.6) is 11.5 Å². The second-order valence-corrected chi connectivity index (χ2v) is 12.0. The molecule has 3 aromatic rings. The maximum absolute atomic E-state index is 13.6. The Hall–Kier alpha value is -2.58. The Labute approximate surface area is 211 Å². The SMILES string of the molecule is O=S(=O)(c1ccc(Cl)cc1)N1Cc2ccccc2C2(CCN(Cc3cccc4c3OCO4)CC2)C1. The summed E-state index contributed by atoms with van der Waals surface area (Å²) in [5.41, 5.74) is 3.31. The van der Waals surface area contributed by atoms with Crippen molar-refractivity contribution in [1.82, 2.24) is 9.21 Å². The summed E-state index contributed by atoms with van der Waals surface area (Å²) in [5.74, 6) is 1.65. The molecule has 3 aliphatic heterocycles. The second-order valence-electron chi connectivity index (χ2n) is 9.59. The molecule has 0 aliphatic carbocycles. The Balaban J connectivity index is 1.26. The molecule has 0 N–H and O–H groups in total. The number of rotatable bonds is 4. The van der Waals surface area contributed by atoms with Gasteiger partial charge in [-0.15, -0.1) is 0 Å². The van der Waals surface area contributed by atoms with Crippen LogP contribution >= 0.6 is 11.6 Å². The average molecular weight is 511 g/mol. The highest BCUT2D eigenvalue weighted by atomic mass is 35.5. The topological polar surface area (TPSA) is 59.1 Å². The summed E-state index contributed by atoms with van der Waals surface area (Å²) in [5, 5.41) is 0.526. The number of hydrogen-bond donors (Lipinski definition) is 0. The minimum Gasteiger partial charge on any atom is -0.454 e. The number of benzene rings is 3. The van der Waals surface area contributed by atoms with E-state index >= 15 is 0 Å². The van der Waals surface area contributed by atoms with Gasteiger partial charge in [-0.05, 0) is 67.4 Å². The molecule has 1 fully saturated rings. The van der Waals surface area contributed by atoms with Crippen LogP contribution in [0, 0.1) is 0 Å². The molecular formula is C27H27ClN2O4S. The summed E-state index contributed by atoms with van der Waals surface area (Å²) in [6, 6.07) is 20.8. The van der Waals surface area contributed by atoms with E-state index in [1.165, 1.54) is 5.56 Å². The van der Waals surface area contributed by atoms with Crippen LogP contribution in [0.1, 0.15) is 29.5 Å². The second kappa shape index (κ2) is 8.82. The van der Waals surface area contributed by atoms with Crippen LogP contribution in [0.4, 0.5) is 0 Å². The molecule has 0 saturated carbocycles. The normalized spacial score (nSPS) is 19.6. The number of ether oxygens (including phenoxy) is 2. The largest absolute Gasteiger partial charge is 0.454 e. The van der Waals surface area contributed by atoms with Crippen molar-refractivity contribution >= 4 is 21.6 Å². The standard InChI is InChI=1S/C27H27ClN2O4S/c28-22-8-10-23(11-9-22)35(31,32)30-17-20-4-1-2-6-24(20)27(18-30)12-14-29(15-13-27)16-21-5-3-7-25-26(21)34-19-33-25/h1-11H,12-19H2. The van der Waals surface area contributed by atoms with Gasteiger partial charge >= 0.3 is 0 Å². The van der Waals surface area contributed by atoms with Gasteiger partial charge in [0.2, 0.25) is 16.8 Å². The maximum atomic E-state index is 13.6. The molecule has 35 heavy (non-hydrogen) atoms. The van der Waals surface area contributed by atoms with Gasteiger partial charge in [0.15, 0.2) is 11.5 Å². The summed E-state index contributed by atoms with van der Waals surface area (Å²) in [7, 11) is -3.64. The van der Waals surface area contributed by atoms with Gasteiger partial charge in [0.1, 0.15) is 0 Å². The summed E-state index contributed by atoms with van der Waals surface area (Å²) < 4.78 is 40.1. The van der Waals surface area contributed by atoms with Crippen LogP contribution in [0.25, 0.3) is 0 Å². The van der Waals surface area contributed by atoms with Crippen LogP contribution < -0.4 is 9.47 Å². The highest BCUT2D eigenvalue weighted by molar-refractivity contribution is 7.89. The third kappa shape index (κ3) is 4.10. The predicted octanol–water partition coefficient (Wildman–Crippen LogP) is 4.81. The van der Waals surface area contributed by atoms with E-state index in [-0.39, 0.29) is 17.1 Å². The van der Waals surface area contributed by atoms with Crippen molar-refractivity contribution in [1.29, 1.82) is 0 Å². The van der Waals surface area contributed by atoms with Gasteiger partial charge in [-0.1, -0.05) is 48.0 Å². The quantitative estimate of drug-likeness (QED) is 0.504. The molecule has 0 atom stereocenters. The van der Waals surface area contributed by atoms with Crippen molar-refractivity contribution in [3.63, 3.8) is 0 Å². The van der Waals surface area contributed by atoms with Crippen LogP contribution in [0.15, 0.2) is 71.6 Å². The predicted molar refractivity (Wildman–Crippen MR) is 134 cm³/mol. The molecule has 0 radical (unpaired) electrons. The minimum absolute atomic E-state index is 0.205. The van der Waals surface area contributed by atoms with E-state index in [1.54, 1.807) is 28.6 Å². The summed E-state index contributed by atoms with van der Waals surface area (Å²) in [6.07, 6.45) is 1.78. The van der Waals surface area contributed by atoms with E-state index < -0.39 is 10.0 Å². The summed E-state index contributed by atoms with van der Waals surface area (Å²) in [6.45, 7) is 3.70. The number of hydrogen-bond acceptors (Lipinski definition) is 5. The lowest BCUT2D eigenvalue weighted by molar-refractivity contribution is 0.122. The lowest BCUT2D eigenvalue weighted by atomic mass is 9.69. The highest BCUT2D eigenvalue weighted by Crippen LogP contribution is 2.44. The first-order valence-corrected chi connectivity index (χ1v) is 13.7. The smallest absolute Gasteiger partial charge is 0.243 e. The molecule has 0 bridgehead atoms. The Morgan fingerprint density at radius 1 is 0.914 bits per heavy atom. The molecule has 3 aliphatic rings. The van der Waals surface area contributed by atoms with Gasteiger partial charge in [-0.3, -0.25) is 4.90 Å². The van der Waals surface area contributed by atoms with Crippen LogP contribution in [0.2, 0.25) is 5.02 Å². The molecular weight excluding hydrogens is 484 g/mol. The highest BCUT2D eigenvalue weighted by Gasteiger charge is 2.45. The van der Waals surface area contributed by atoms with E-state index in [9.17, 15) is 8.42 Å². The van der Waals surface area contributed by atoms with Crippen molar-refractivity contribution in [3.8, 4) is 11.5 Å². The molecule has 3 heterocycles. The van der Waals surface area contributed by atoms with Gasteiger partial charge < -0.3 is 9.47 Å². The van der Waals surface area contributed by atoms with Crippen molar-refractivity contribution in [2.24, 2.45) is 0 Å². The van der Waals surface area contributed by atoms with Gasteiger partial charge in [0.05, 0.1) is 4.90 Å². The number of likely N-dealkylation sites (tertiary alicyclic amines) is 1. The molecule has 6 nitrogen and oxygen atoms in total. The Morgan fingerprint density at radius 2 is 1.69 bits per heavy atom. The zero-order chi connectivity index (χ0) is 24.0. The molecule has 0 unspecified atom stereocenters. The molecule has 0 amide bonds. The number of sulfonamides is 1. The lowest BCUT2D eigenvalue weighted by Gasteiger charge is -2.48. The average Bonchev–Trinajstić information content (AvgIpc) is 3.36. The van der Waals surface area contributed by atoms with Crippen molar-refractivity contribution in [2.75, 3.05) is 26.4 Å². The number of nitrogens with zero attached hydrogens (tertiary/aromatic N) is 2. The fourth-order valence-corrected chi connectivity index (χ4v) is 7.32. The van der Waals surface area contributed by atoms with Crippen molar-refractivity contribution in [2.45, 2.75) is 36.2 Å². The Bertz CT molecular complexity index is 1350. The summed E-state index contributed by atoms with van der Waals surface area (Å²) >= 11 is 6.01. The lowest BCUT2D eigenvalue weighted by Crippen LogP contribution is -2.53. The molecule has 0 aromatic heterocycles. The fraction of sp³-hybridized carbons (Fsp3) is 0.333. The molecule has 1 spiro atoms. The van der Waals surface area contributed by atoms with Crippen LogP contribution in [-0.2, 0) is 28.5 Å². The van der Waals surface area contributed by atoms with E-state index in [0.717, 1.165) is 55.1 Å². The fourth-order valence-electron chi connectivity index (χ4n) is 5.69. The summed E-state index contributed by atoms with van der Waals surface area (Å²) in [4.78, 5) is 2.71. The zero-order valence-corrected chi connectivity index (χ0v) is 20.9. The molecule has 182 valence electrons. The number of piperidine rings is 1. The Kier molecular flexibility index (Phi) is 5.76. The van der Waals surface area contributed by atoms with Crippen molar-refractivity contribution < 1.29 is 17.9 Å². The zero-order valence-electron chi connectivity index (χ0n) is 19.3. The third-order valence-electron chi connectivity index (χ3n) is 7.55. The van der Waals surface area contributed by atoms with Gasteiger partial charge in [-0.2, -0.15) is 4.31 Å². The van der Waals surface area contributed by atoms with E-state index in [2.05, 4.69) is 29.2 Å². The first-order chi connectivity index (χ1) is 16.9. The van der Waals surface area contributed by atoms with Crippen molar-refractivity contribution in [3.05, 3.63) is 88.4 Å². The minimum atomic E-state index is -3.64. The van der Waals surface area contributed by atoms with Gasteiger partial charge in [-0.25, -0.2) is 8.42 Å². The van der Waals surface area contributed by atoms with E-state index in [0.29, 0.717) is 18.1 Å².